The van der Waals surface area contributed by atoms with E-state index in [2.05, 4.69) is 6.92 Å². The van der Waals surface area contributed by atoms with E-state index in [0.29, 0.717) is 41.9 Å². The molecule has 1 fully saturated rings. The van der Waals surface area contributed by atoms with Crippen LogP contribution in [0.25, 0.3) is 22.3 Å². The fourth-order valence-electron chi connectivity index (χ4n) is 5.56. The molecule has 1 heterocycles. The number of unbranched alkanes of at least 4 members (excludes halogenated alkanes) is 5. The lowest BCUT2D eigenvalue weighted by atomic mass is 9.88. The summed E-state index contributed by atoms with van der Waals surface area (Å²) in [5.74, 6) is -3.67. The summed E-state index contributed by atoms with van der Waals surface area (Å²) in [5, 5.41) is 0. The van der Waals surface area contributed by atoms with Crippen LogP contribution >= 0.6 is 0 Å². The van der Waals surface area contributed by atoms with Crippen LogP contribution < -0.4 is 0 Å². The second-order valence-corrected chi connectivity index (χ2v) is 10.8. The minimum Gasteiger partial charge on any atom is -0.385 e. The minimum absolute atomic E-state index is 0.0803. The zero-order chi connectivity index (χ0) is 28.5. The van der Waals surface area contributed by atoms with Gasteiger partial charge in [0.25, 0.3) is 0 Å². The maximum absolute atomic E-state index is 15.2. The molecule has 0 N–H and O–H groups in total. The van der Waals surface area contributed by atoms with Crippen molar-refractivity contribution in [2.24, 2.45) is 0 Å². The standard InChI is InChI=1S/C34H40F4O2/c1-3-4-5-6-7-8-9-25-15-17-28(32(36)31(25)35)23-10-12-24(13-11-23)29-18-19-30(34(38)33(29)37)26-14-16-27(40-22-26)20-21-39-2/h10-13,15,17-19,26-27H,3-9,14,16,20-22H2,1-2H3. The minimum atomic E-state index is -0.914. The Labute approximate surface area is 235 Å². The molecule has 0 aromatic heterocycles. The maximum Gasteiger partial charge on any atom is 0.166 e. The molecule has 6 heteroatoms. The van der Waals surface area contributed by atoms with Crippen molar-refractivity contribution in [2.75, 3.05) is 20.3 Å². The van der Waals surface area contributed by atoms with Gasteiger partial charge >= 0.3 is 0 Å². The van der Waals surface area contributed by atoms with Crippen molar-refractivity contribution in [2.45, 2.75) is 83.2 Å². The molecular weight excluding hydrogens is 516 g/mol. The third-order valence-corrected chi connectivity index (χ3v) is 8.04. The Morgan fingerprint density at radius 3 is 1.98 bits per heavy atom. The molecule has 0 aliphatic carbocycles. The van der Waals surface area contributed by atoms with Crippen LogP contribution in [0.4, 0.5) is 17.6 Å². The predicted molar refractivity (Wildman–Crippen MR) is 152 cm³/mol. The molecule has 2 nitrogen and oxygen atoms in total. The fourth-order valence-corrected chi connectivity index (χ4v) is 5.56. The molecule has 1 saturated heterocycles. The Kier molecular flexibility index (Phi) is 11.2. The Bertz CT molecular complexity index is 1230. The highest BCUT2D eigenvalue weighted by Crippen LogP contribution is 2.36. The largest absolute Gasteiger partial charge is 0.385 e. The van der Waals surface area contributed by atoms with E-state index in [1.165, 1.54) is 19.3 Å². The van der Waals surface area contributed by atoms with Crippen molar-refractivity contribution in [1.29, 1.82) is 0 Å². The molecule has 0 radical (unpaired) electrons. The number of aryl methyl sites for hydroxylation is 1. The van der Waals surface area contributed by atoms with E-state index in [-0.39, 0.29) is 23.1 Å². The summed E-state index contributed by atoms with van der Waals surface area (Å²) in [6.45, 7) is 3.12. The Hall–Kier alpha value is -2.70. The van der Waals surface area contributed by atoms with E-state index in [4.69, 9.17) is 9.47 Å². The van der Waals surface area contributed by atoms with Gasteiger partial charge in [-0.1, -0.05) is 87.6 Å². The molecule has 2 atom stereocenters. The fraction of sp³-hybridized carbons (Fsp3) is 0.471. The first-order valence-electron chi connectivity index (χ1n) is 14.6. The second kappa shape index (κ2) is 14.8. The van der Waals surface area contributed by atoms with E-state index in [0.717, 1.165) is 38.5 Å². The number of methoxy groups -OCH3 is 1. The SMILES string of the molecule is CCCCCCCCc1ccc(-c2ccc(-c3ccc(C4CCC(CCOC)OC4)c(F)c3F)cc2)c(F)c1F. The number of hydrogen-bond donors (Lipinski definition) is 0. The van der Waals surface area contributed by atoms with Gasteiger partial charge in [-0.2, -0.15) is 0 Å². The highest BCUT2D eigenvalue weighted by molar-refractivity contribution is 5.71. The molecule has 1 aliphatic heterocycles. The zero-order valence-electron chi connectivity index (χ0n) is 23.6. The zero-order valence-corrected chi connectivity index (χ0v) is 23.6. The van der Waals surface area contributed by atoms with Gasteiger partial charge in [0.2, 0.25) is 0 Å². The molecule has 3 aromatic rings. The van der Waals surface area contributed by atoms with E-state index in [9.17, 15) is 8.78 Å². The monoisotopic (exact) mass is 556 g/mol. The smallest absolute Gasteiger partial charge is 0.166 e. The summed E-state index contributed by atoms with van der Waals surface area (Å²) in [4.78, 5) is 0. The summed E-state index contributed by atoms with van der Waals surface area (Å²) in [7, 11) is 1.64. The van der Waals surface area contributed by atoms with Crippen LogP contribution in [0, 0.1) is 23.3 Å². The summed E-state index contributed by atoms with van der Waals surface area (Å²) in [6, 6.07) is 12.9. The van der Waals surface area contributed by atoms with E-state index < -0.39 is 23.3 Å². The molecule has 0 spiro atoms. The quantitative estimate of drug-likeness (QED) is 0.154. The highest BCUT2D eigenvalue weighted by Gasteiger charge is 2.27. The Morgan fingerprint density at radius 1 is 0.725 bits per heavy atom. The van der Waals surface area contributed by atoms with Crippen LogP contribution in [0.3, 0.4) is 0 Å². The van der Waals surface area contributed by atoms with Crippen molar-refractivity contribution in [3.63, 3.8) is 0 Å². The van der Waals surface area contributed by atoms with Crippen LogP contribution in [0.15, 0.2) is 48.5 Å². The number of benzene rings is 3. The third kappa shape index (κ3) is 7.32. The topological polar surface area (TPSA) is 18.5 Å². The Balaban J connectivity index is 1.43. The lowest BCUT2D eigenvalue weighted by Gasteiger charge is -2.29. The van der Waals surface area contributed by atoms with Crippen LogP contribution in [-0.2, 0) is 15.9 Å². The summed E-state index contributed by atoms with van der Waals surface area (Å²) in [5.41, 5.74) is 1.93. The lowest BCUT2D eigenvalue weighted by Crippen LogP contribution is -2.26. The van der Waals surface area contributed by atoms with Crippen molar-refractivity contribution in [1.82, 2.24) is 0 Å². The molecular formula is C34H40F4O2. The first kappa shape index (κ1) is 30.3. The van der Waals surface area contributed by atoms with E-state index in [1.807, 2.05) is 0 Å². The van der Waals surface area contributed by atoms with E-state index in [1.54, 1.807) is 55.6 Å². The molecule has 4 rings (SSSR count). The van der Waals surface area contributed by atoms with Gasteiger partial charge in [-0.25, -0.2) is 17.6 Å². The average Bonchev–Trinajstić information content (AvgIpc) is 2.98. The van der Waals surface area contributed by atoms with Crippen LogP contribution in [0.1, 0.15) is 81.8 Å². The number of rotatable bonds is 13. The molecule has 40 heavy (non-hydrogen) atoms. The van der Waals surface area contributed by atoms with Gasteiger partial charge in [0.1, 0.15) is 0 Å². The number of halogens is 4. The van der Waals surface area contributed by atoms with Gasteiger partial charge in [-0.3, -0.25) is 0 Å². The predicted octanol–water partition coefficient (Wildman–Crippen LogP) is 9.78. The van der Waals surface area contributed by atoms with Crippen molar-refractivity contribution in [3.05, 3.63) is 82.9 Å². The van der Waals surface area contributed by atoms with Crippen LogP contribution in [0.5, 0.6) is 0 Å². The summed E-state index contributed by atoms with van der Waals surface area (Å²) < 4.78 is 71.0. The number of hydrogen-bond acceptors (Lipinski definition) is 2. The van der Waals surface area contributed by atoms with Gasteiger partial charge in [0.05, 0.1) is 12.7 Å². The summed E-state index contributed by atoms with van der Waals surface area (Å²) in [6.07, 6.45) is 9.37. The van der Waals surface area contributed by atoms with Crippen molar-refractivity contribution >= 4 is 0 Å². The molecule has 0 bridgehead atoms. The van der Waals surface area contributed by atoms with Crippen molar-refractivity contribution < 1.29 is 27.0 Å². The van der Waals surface area contributed by atoms with Gasteiger partial charge in [0, 0.05) is 30.8 Å². The molecule has 0 saturated carbocycles. The number of ether oxygens (including phenoxy) is 2. The first-order chi connectivity index (χ1) is 19.4. The Morgan fingerprint density at radius 2 is 1.35 bits per heavy atom. The third-order valence-electron chi connectivity index (χ3n) is 8.04. The molecule has 1 aliphatic rings. The molecule has 2 unspecified atom stereocenters. The molecule has 3 aromatic carbocycles. The second-order valence-electron chi connectivity index (χ2n) is 10.8. The van der Waals surface area contributed by atoms with Crippen LogP contribution in [0.2, 0.25) is 0 Å². The molecule has 0 amide bonds. The van der Waals surface area contributed by atoms with E-state index >= 15 is 8.78 Å². The first-order valence-corrected chi connectivity index (χ1v) is 14.6. The normalized spacial score (nSPS) is 17.4. The van der Waals surface area contributed by atoms with Gasteiger partial charge in [-0.05, 0) is 54.4 Å². The highest BCUT2D eigenvalue weighted by atomic mass is 19.2. The summed E-state index contributed by atoms with van der Waals surface area (Å²) >= 11 is 0. The lowest BCUT2D eigenvalue weighted by molar-refractivity contribution is -0.0134. The van der Waals surface area contributed by atoms with Crippen LogP contribution in [-0.4, -0.2) is 26.4 Å². The van der Waals surface area contributed by atoms with Gasteiger partial charge in [0.15, 0.2) is 23.3 Å². The van der Waals surface area contributed by atoms with Gasteiger partial charge < -0.3 is 9.47 Å². The van der Waals surface area contributed by atoms with Gasteiger partial charge in [-0.15, -0.1) is 0 Å². The maximum atomic E-state index is 15.2. The van der Waals surface area contributed by atoms with Crippen molar-refractivity contribution in [3.8, 4) is 22.3 Å². The molecule has 216 valence electrons. The average molecular weight is 557 g/mol.